The maximum atomic E-state index is 13.1. The second-order valence-corrected chi connectivity index (χ2v) is 9.31. The fraction of sp³-hybridized carbons (Fsp3) is 0.318. The maximum absolute atomic E-state index is 13.1. The summed E-state index contributed by atoms with van der Waals surface area (Å²) in [5.74, 6) is 0. The second-order valence-electron chi connectivity index (χ2n) is 7.26. The molecule has 1 aromatic carbocycles. The molecule has 2 heterocycles. The fourth-order valence-corrected chi connectivity index (χ4v) is 5.12. The number of likely N-dealkylation sites (tertiary alicyclic amines) is 1. The lowest BCUT2D eigenvalue weighted by molar-refractivity contribution is 0.229. The fourth-order valence-electron chi connectivity index (χ4n) is 3.47. The van der Waals surface area contributed by atoms with Gasteiger partial charge in [0, 0.05) is 18.4 Å². The molecule has 1 fully saturated rings. The lowest BCUT2D eigenvalue weighted by atomic mass is 10.1. The van der Waals surface area contributed by atoms with E-state index in [2.05, 4.69) is 22.2 Å². The number of carbonyl (C=O) groups is 1. The van der Waals surface area contributed by atoms with Crippen molar-refractivity contribution in [2.45, 2.75) is 36.1 Å². The molecule has 1 saturated heterocycles. The number of rotatable bonds is 7. The van der Waals surface area contributed by atoms with Crippen LogP contribution in [0.1, 0.15) is 30.5 Å². The Morgan fingerprint density at radius 3 is 2.48 bits per heavy atom. The molecule has 1 atom stereocenters. The summed E-state index contributed by atoms with van der Waals surface area (Å²) in [4.78, 5) is 18.2. The Morgan fingerprint density at radius 1 is 1.19 bits per heavy atom. The number of benzene rings is 1. The first-order valence-electron chi connectivity index (χ1n) is 10.0. The average molecular weight is 440 g/mol. The maximum Gasteiger partial charge on any atom is 0.319 e. The van der Waals surface area contributed by atoms with Crippen LogP contribution in [-0.2, 0) is 16.4 Å². The Labute approximate surface area is 182 Å². The minimum absolute atomic E-state index is 0.192. The number of hydrogen-bond donors (Lipinski definition) is 2. The monoisotopic (exact) mass is 439 g/mol. The van der Waals surface area contributed by atoms with E-state index in [1.807, 2.05) is 11.0 Å². The number of urea groups is 1. The summed E-state index contributed by atoms with van der Waals surface area (Å²) in [5.41, 5.74) is 1.54. The summed E-state index contributed by atoms with van der Waals surface area (Å²) >= 11 is 0. The number of piperidine rings is 1. The lowest BCUT2D eigenvalue weighted by Crippen LogP contribution is -2.42. The molecule has 0 spiro atoms. The van der Waals surface area contributed by atoms with Gasteiger partial charge in [0.15, 0.2) is 9.84 Å². The molecule has 0 saturated carbocycles. The Balaban J connectivity index is 1.60. The van der Waals surface area contributed by atoms with Crippen LogP contribution in [-0.4, -0.2) is 42.8 Å². The highest BCUT2D eigenvalue weighted by atomic mass is 32.2. The normalized spacial score (nSPS) is 15.5. The van der Waals surface area contributed by atoms with Crippen molar-refractivity contribution in [3.63, 3.8) is 0 Å². The van der Waals surface area contributed by atoms with E-state index in [1.165, 1.54) is 24.4 Å². The Hall–Kier alpha value is -3.22. The molecule has 31 heavy (non-hydrogen) atoms. The molecular weight excluding hydrogens is 414 g/mol. The number of hydrogen-bond acceptors (Lipinski definition) is 6. The van der Waals surface area contributed by atoms with Gasteiger partial charge in [0.1, 0.15) is 17.1 Å². The SMILES string of the molecule is C=CC(N1CCCCC1)S(=O)(=O)c1ccc(NC(=O)NCc2ccc(C#N)nc2)cc1. The van der Waals surface area contributed by atoms with Crippen molar-refractivity contribution in [2.75, 3.05) is 18.4 Å². The molecular formula is C22H25N5O3S. The third-order valence-corrected chi connectivity index (χ3v) is 7.16. The van der Waals surface area contributed by atoms with Crippen molar-refractivity contribution >= 4 is 21.6 Å². The first kappa shape index (κ1) is 22.5. The van der Waals surface area contributed by atoms with E-state index in [0.717, 1.165) is 37.9 Å². The average Bonchev–Trinajstić information content (AvgIpc) is 2.79. The molecule has 2 N–H and O–H groups in total. The van der Waals surface area contributed by atoms with E-state index >= 15 is 0 Å². The number of nitrogens with one attached hydrogen (secondary N) is 2. The van der Waals surface area contributed by atoms with Crippen molar-refractivity contribution in [1.82, 2.24) is 15.2 Å². The molecule has 1 aliphatic heterocycles. The quantitative estimate of drug-likeness (QED) is 0.641. The Morgan fingerprint density at radius 2 is 1.90 bits per heavy atom. The summed E-state index contributed by atoms with van der Waals surface area (Å²) in [7, 11) is -3.60. The van der Waals surface area contributed by atoms with Gasteiger partial charge in [-0.1, -0.05) is 18.6 Å². The summed E-state index contributed by atoms with van der Waals surface area (Å²) in [5, 5.41) is 13.4. The molecule has 1 unspecified atom stereocenters. The molecule has 1 aliphatic rings. The Kier molecular flexibility index (Phi) is 7.39. The zero-order valence-corrected chi connectivity index (χ0v) is 17.9. The molecule has 2 amide bonds. The summed E-state index contributed by atoms with van der Waals surface area (Å²) in [6, 6.07) is 10.9. The molecule has 0 aliphatic carbocycles. The van der Waals surface area contributed by atoms with E-state index in [0.29, 0.717) is 11.4 Å². The third-order valence-electron chi connectivity index (χ3n) is 5.10. The van der Waals surface area contributed by atoms with E-state index in [1.54, 1.807) is 24.3 Å². The molecule has 3 rings (SSSR count). The van der Waals surface area contributed by atoms with Gasteiger partial charge in [0.05, 0.1) is 4.90 Å². The highest BCUT2D eigenvalue weighted by Gasteiger charge is 2.31. The number of aromatic nitrogens is 1. The smallest absolute Gasteiger partial charge is 0.319 e. The third kappa shape index (κ3) is 5.69. The minimum Gasteiger partial charge on any atom is -0.334 e. The number of nitrogens with zero attached hydrogens (tertiary/aromatic N) is 3. The van der Waals surface area contributed by atoms with Crippen LogP contribution in [0.3, 0.4) is 0 Å². The van der Waals surface area contributed by atoms with Crippen LogP contribution < -0.4 is 10.6 Å². The predicted molar refractivity (Wildman–Crippen MR) is 118 cm³/mol. The minimum atomic E-state index is -3.60. The van der Waals surface area contributed by atoms with Crippen molar-refractivity contribution in [3.8, 4) is 6.07 Å². The predicted octanol–water partition coefficient (Wildman–Crippen LogP) is 3.05. The largest absolute Gasteiger partial charge is 0.334 e. The zero-order chi connectivity index (χ0) is 22.3. The summed E-state index contributed by atoms with van der Waals surface area (Å²) < 4.78 is 26.1. The van der Waals surface area contributed by atoms with Crippen molar-refractivity contribution in [1.29, 1.82) is 5.26 Å². The van der Waals surface area contributed by atoms with Gasteiger partial charge in [-0.15, -0.1) is 6.58 Å². The van der Waals surface area contributed by atoms with Gasteiger partial charge in [0.2, 0.25) is 0 Å². The number of carbonyl (C=O) groups excluding carboxylic acids is 1. The zero-order valence-electron chi connectivity index (χ0n) is 17.1. The summed E-state index contributed by atoms with van der Waals surface area (Å²) in [6.07, 6.45) is 6.09. The van der Waals surface area contributed by atoms with Gasteiger partial charge in [-0.2, -0.15) is 5.26 Å². The highest BCUT2D eigenvalue weighted by Crippen LogP contribution is 2.24. The van der Waals surface area contributed by atoms with E-state index in [-0.39, 0.29) is 11.4 Å². The molecule has 9 heteroatoms. The number of pyridine rings is 1. The Bertz CT molecular complexity index is 1050. The molecule has 8 nitrogen and oxygen atoms in total. The van der Waals surface area contributed by atoms with Gasteiger partial charge in [0.25, 0.3) is 0 Å². The van der Waals surface area contributed by atoms with Gasteiger partial charge in [-0.05, 0) is 61.8 Å². The van der Waals surface area contributed by atoms with Crippen molar-refractivity contribution in [3.05, 3.63) is 66.5 Å². The van der Waals surface area contributed by atoms with E-state index in [4.69, 9.17) is 5.26 Å². The molecule has 0 radical (unpaired) electrons. The topological polar surface area (TPSA) is 115 Å². The lowest BCUT2D eigenvalue weighted by Gasteiger charge is -2.32. The molecule has 162 valence electrons. The van der Waals surface area contributed by atoms with E-state index in [9.17, 15) is 13.2 Å². The van der Waals surface area contributed by atoms with Crippen LogP contribution in [0.4, 0.5) is 10.5 Å². The van der Waals surface area contributed by atoms with Gasteiger partial charge >= 0.3 is 6.03 Å². The van der Waals surface area contributed by atoms with Gasteiger partial charge in [-0.25, -0.2) is 18.2 Å². The molecule has 2 aromatic rings. The van der Waals surface area contributed by atoms with Gasteiger partial charge < -0.3 is 10.6 Å². The van der Waals surface area contributed by atoms with Crippen LogP contribution >= 0.6 is 0 Å². The number of amides is 2. The molecule has 1 aromatic heterocycles. The van der Waals surface area contributed by atoms with Gasteiger partial charge in [-0.3, -0.25) is 4.90 Å². The highest BCUT2D eigenvalue weighted by molar-refractivity contribution is 7.92. The van der Waals surface area contributed by atoms with E-state index < -0.39 is 21.2 Å². The van der Waals surface area contributed by atoms with Crippen molar-refractivity contribution < 1.29 is 13.2 Å². The molecule has 0 bridgehead atoms. The van der Waals surface area contributed by atoms with Crippen LogP contribution in [0.2, 0.25) is 0 Å². The van der Waals surface area contributed by atoms with Crippen LogP contribution in [0, 0.1) is 11.3 Å². The standard InChI is InChI=1S/C22H25N5O3S/c1-2-21(27-12-4-3-5-13-27)31(29,30)20-10-8-18(9-11-20)26-22(28)25-16-17-6-7-19(14-23)24-15-17/h2,6-11,15,21H,1,3-5,12-13,16H2,(H2,25,26,28). The number of anilines is 1. The van der Waals surface area contributed by atoms with Crippen LogP contribution in [0.15, 0.2) is 60.1 Å². The second kappa shape index (κ2) is 10.2. The van der Waals surface area contributed by atoms with Crippen molar-refractivity contribution in [2.24, 2.45) is 0 Å². The first-order valence-corrected chi connectivity index (χ1v) is 11.6. The number of nitriles is 1. The van der Waals surface area contributed by atoms with Crippen LogP contribution in [0.25, 0.3) is 0 Å². The summed E-state index contributed by atoms with van der Waals surface area (Å²) in [6.45, 7) is 5.46. The number of sulfone groups is 1. The van der Waals surface area contributed by atoms with Crippen LogP contribution in [0.5, 0.6) is 0 Å². The first-order chi connectivity index (χ1) is 14.9.